The van der Waals surface area contributed by atoms with Crippen molar-refractivity contribution in [3.8, 4) is 33.4 Å². The quantitative estimate of drug-likeness (QED) is 0.182. The molecule has 1 nitrogen and oxygen atoms in total. The molecule has 0 saturated carbocycles. The van der Waals surface area contributed by atoms with Crippen LogP contribution >= 0.6 is 0 Å². The first kappa shape index (κ1) is 28.8. The summed E-state index contributed by atoms with van der Waals surface area (Å²) in [7, 11) is 0. The Morgan fingerprint density at radius 2 is 0.940 bits per heavy atom. The van der Waals surface area contributed by atoms with Crippen LogP contribution in [0.4, 0.5) is 11.4 Å². The predicted octanol–water partition coefficient (Wildman–Crippen LogP) is 12.3. The van der Waals surface area contributed by atoms with E-state index < -0.39 is 0 Å². The Kier molecular flexibility index (Phi) is 6.60. The molecule has 0 fully saturated rings. The van der Waals surface area contributed by atoms with Gasteiger partial charge in [-0.25, -0.2) is 0 Å². The number of para-hydroxylation sites is 1. The normalized spacial score (nSPS) is 17.4. The number of fused-ring (bicyclic) bond motifs is 10. The average molecular weight is 638 g/mol. The van der Waals surface area contributed by atoms with Crippen LogP contribution in [0.5, 0.6) is 0 Å². The number of nitrogens with zero attached hydrogens (tertiary/aromatic N) is 1. The van der Waals surface area contributed by atoms with Gasteiger partial charge >= 0.3 is 0 Å². The molecule has 236 valence electrons. The van der Waals surface area contributed by atoms with Crippen LogP contribution in [0.1, 0.15) is 28.2 Å². The van der Waals surface area contributed by atoms with Crippen LogP contribution < -0.4 is 4.90 Å². The highest BCUT2D eigenvalue weighted by Crippen LogP contribution is 2.65. The predicted molar refractivity (Wildman–Crippen MR) is 208 cm³/mol. The monoisotopic (exact) mass is 637 g/mol. The van der Waals surface area contributed by atoms with E-state index in [1.807, 2.05) is 0 Å². The van der Waals surface area contributed by atoms with E-state index in [1.54, 1.807) is 0 Å². The zero-order valence-corrected chi connectivity index (χ0v) is 27.7. The van der Waals surface area contributed by atoms with E-state index in [-0.39, 0.29) is 17.3 Å². The van der Waals surface area contributed by atoms with Gasteiger partial charge in [-0.3, -0.25) is 0 Å². The van der Waals surface area contributed by atoms with Gasteiger partial charge in [-0.1, -0.05) is 176 Å². The Morgan fingerprint density at radius 3 is 1.62 bits per heavy atom. The zero-order chi connectivity index (χ0) is 33.1. The van der Waals surface area contributed by atoms with Gasteiger partial charge in [0.15, 0.2) is 0 Å². The van der Waals surface area contributed by atoms with Crippen LogP contribution in [-0.4, -0.2) is 0 Å². The third kappa shape index (κ3) is 4.20. The third-order valence-electron chi connectivity index (χ3n) is 11.2. The first-order valence-electron chi connectivity index (χ1n) is 17.6. The van der Waals surface area contributed by atoms with Crippen molar-refractivity contribution in [3.63, 3.8) is 0 Å². The first-order valence-corrected chi connectivity index (χ1v) is 17.6. The molecule has 0 bridgehead atoms. The van der Waals surface area contributed by atoms with Crippen molar-refractivity contribution in [1.29, 1.82) is 0 Å². The van der Waals surface area contributed by atoms with Gasteiger partial charge in [-0.15, -0.1) is 0 Å². The molecule has 0 aliphatic heterocycles. The van der Waals surface area contributed by atoms with Crippen LogP contribution in [0.15, 0.2) is 206 Å². The highest BCUT2D eigenvalue weighted by Gasteiger charge is 2.57. The van der Waals surface area contributed by atoms with Crippen LogP contribution in [0.3, 0.4) is 0 Å². The number of hydrogen-bond donors (Lipinski definition) is 0. The minimum atomic E-state index is -0.285. The smallest absolute Gasteiger partial charge is 0.0539 e. The second-order valence-corrected chi connectivity index (χ2v) is 13.6. The molecule has 3 aliphatic carbocycles. The Balaban J connectivity index is 1.20. The van der Waals surface area contributed by atoms with Crippen molar-refractivity contribution in [2.45, 2.75) is 11.3 Å². The van der Waals surface area contributed by atoms with Crippen LogP contribution in [0, 0.1) is 5.92 Å². The Hall–Kier alpha value is -6.18. The summed E-state index contributed by atoms with van der Waals surface area (Å²) >= 11 is 0. The molecule has 0 amide bonds. The second-order valence-electron chi connectivity index (χ2n) is 13.6. The van der Waals surface area contributed by atoms with Crippen LogP contribution in [0.2, 0.25) is 0 Å². The lowest BCUT2D eigenvalue weighted by molar-refractivity contribution is 0.462. The molecule has 0 heterocycles. The topological polar surface area (TPSA) is 3.24 Å². The molecule has 7 aromatic carbocycles. The minimum Gasteiger partial charge on any atom is -0.310 e. The Morgan fingerprint density at radius 1 is 0.420 bits per heavy atom. The highest BCUT2D eigenvalue weighted by molar-refractivity contribution is 5.88. The van der Waals surface area contributed by atoms with Gasteiger partial charge in [0.05, 0.1) is 11.1 Å². The molecule has 0 radical (unpaired) electrons. The van der Waals surface area contributed by atoms with Crippen molar-refractivity contribution in [1.82, 2.24) is 0 Å². The van der Waals surface area contributed by atoms with E-state index in [9.17, 15) is 0 Å². The lowest BCUT2D eigenvalue weighted by atomic mass is 9.65. The largest absolute Gasteiger partial charge is 0.310 e. The molecule has 7 aromatic rings. The molecular formula is C49H35N. The number of hydrogen-bond acceptors (Lipinski definition) is 1. The molecule has 1 spiro atoms. The SMILES string of the molecule is C1=CC2c3ccccc3C3(c4ccccc4-c4ccccc43)C2C=C1N(c1ccc(-c2ccccc2)cc1)c1ccccc1-c1ccccc1. The average Bonchev–Trinajstić information content (AvgIpc) is 3.66. The van der Waals surface area contributed by atoms with Crippen molar-refractivity contribution < 1.29 is 0 Å². The maximum absolute atomic E-state index is 2.59. The van der Waals surface area contributed by atoms with E-state index in [2.05, 4.69) is 205 Å². The fourth-order valence-electron chi connectivity index (χ4n) is 9.14. The van der Waals surface area contributed by atoms with Gasteiger partial charge in [0.25, 0.3) is 0 Å². The van der Waals surface area contributed by atoms with Crippen molar-refractivity contribution in [3.05, 3.63) is 228 Å². The van der Waals surface area contributed by atoms with Gasteiger partial charge in [0, 0.05) is 28.8 Å². The standard InChI is InChI=1S/C49H35N/c1-3-15-34(16-4-1)35-27-29-37(30-28-35)50(48-26-14-10-19-39(48)36-17-5-2-6-18-36)38-31-32-43-42-22-9-13-25-46(42)49(47(43)33-38)44-23-11-7-20-40(44)41-21-8-12-24-45(41)49/h1-33,43,47H. The molecular weight excluding hydrogens is 603 g/mol. The fraction of sp³-hybridized carbons (Fsp3) is 0.0612. The van der Waals surface area contributed by atoms with E-state index >= 15 is 0 Å². The molecule has 3 aliphatic rings. The molecule has 1 heteroatoms. The number of rotatable bonds is 5. The third-order valence-corrected chi connectivity index (χ3v) is 11.2. The molecule has 10 rings (SSSR count). The van der Waals surface area contributed by atoms with Crippen molar-refractivity contribution >= 4 is 11.4 Å². The van der Waals surface area contributed by atoms with E-state index in [0.717, 1.165) is 11.4 Å². The molecule has 2 unspecified atom stereocenters. The summed E-state index contributed by atoms with van der Waals surface area (Å²) in [5.74, 6) is 0.459. The van der Waals surface area contributed by atoms with Crippen LogP contribution in [0.25, 0.3) is 33.4 Å². The van der Waals surface area contributed by atoms with E-state index in [0.29, 0.717) is 0 Å². The first-order chi connectivity index (χ1) is 24.8. The van der Waals surface area contributed by atoms with Gasteiger partial charge in [0.2, 0.25) is 0 Å². The maximum atomic E-state index is 2.59. The molecule has 2 atom stereocenters. The summed E-state index contributed by atoms with van der Waals surface area (Å²) in [4.78, 5) is 2.48. The molecule has 0 saturated heterocycles. The summed E-state index contributed by atoms with van der Waals surface area (Å²) in [6, 6.07) is 66.8. The van der Waals surface area contributed by atoms with Gasteiger partial charge in [0.1, 0.15) is 0 Å². The summed E-state index contributed by atoms with van der Waals surface area (Å²) < 4.78 is 0. The van der Waals surface area contributed by atoms with Gasteiger partial charge < -0.3 is 4.90 Å². The lowest BCUT2D eigenvalue weighted by Gasteiger charge is -2.38. The highest BCUT2D eigenvalue weighted by atomic mass is 15.1. The Labute approximate surface area is 294 Å². The fourth-order valence-corrected chi connectivity index (χ4v) is 9.14. The molecule has 50 heavy (non-hydrogen) atoms. The maximum Gasteiger partial charge on any atom is 0.0539 e. The number of benzene rings is 7. The molecule has 0 aromatic heterocycles. The lowest BCUT2D eigenvalue weighted by Crippen LogP contribution is -2.34. The van der Waals surface area contributed by atoms with E-state index in [1.165, 1.54) is 61.3 Å². The van der Waals surface area contributed by atoms with Crippen molar-refractivity contribution in [2.75, 3.05) is 4.90 Å². The number of allylic oxidation sites excluding steroid dienone is 3. The summed E-state index contributed by atoms with van der Waals surface area (Å²) in [5.41, 5.74) is 16.4. The summed E-state index contributed by atoms with van der Waals surface area (Å²) in [6.45, 7) is 0. The van der Waals surface area contributed by atoms with Gasteiger partial charge in [-0.05, 0) is 74.3 Å². The second kappa shape index (κ2) is 11.5. The van der Waals surface area contributed by atoms with Crippen LogP contribution in [-0.2, 0) is 5.41 Å². The minimum absolute atomic E-state index is 0.194. The Bertz CT molecular complexity index is 2390. The number of anilines is 2. The summed E-state index contributed by atoms with van der Waals surface area (Å²) in [6.07, 6.45) is 7.45. The van der Waals surface area contributed by atoms with Gasteiger partial charge in [-0.2, -0.15) is 0 Å². The zero-order valence-electron chi connectivity index (χ0n) is 27.7. The van der Waals surface area contributed by atoms with E-state index in [4.69, 9.17) is 0 Å². The van der Waals surface area contributed by atoms with Crippen molar-refractivity contribution in [2.24, 2.45) is 5.92 Å². The molecule has 0 N–H and O–H groups in total. The summed E-state index contributed by atoms with van der Waals surface area (Å²) in [5, 5.41) is 0.